The van der Waals surface area contributed by atoms with Crippen LogP contribution in [0.15, 0.2) is 70.9 Å². The Bertz CT molecular complexity index is 1110. The SMILES string of the molecule is Cc1ccc(S(=O)(=O)N[C@@H](C)[C@@H](c2cccs2)N2CCN(c3ccc(F)cc3)CC2)cc1. The van der Waals surface area contributed by atoms with Crippen LogP contribution in [-0.4, -0.2) is 45.5 Å². The highest BCUT2D eigenvalue weighted by molar-refractivity contribution is 7.89. The monoisotopic (exact) mass is 473 g/mol. The van der Waals surface area contributed by atoms with Gasteiger partial charge in [-0.15, -0.1) is 11.3 Å². The van der Waals surface area contributed by atoms with Crippen molar-refractivity contribution in [2.75, 3.05) is 31.1 Å². The highest BCUT2D eigenvalue weighted by atomic mass is 32.2. The molecule has 0 saturated carbocycles. The van der Waals surface area contributed by atoms with E-state index in [1.807, 2.05) is 37.4 Å². The second-order valence-corrected chi connectivity index (χ2v) is 10.9. The number of rotatable bonds is 7. The fourth-order valence-electron chi connectivity index (χ4n) is 4.21. The van der Waals surface area contributed by atoms with Gasteiger partial charge in [-0.05, 0) is 61.7 Å². The van der Waals surface area contributed by atoms with Gasteiger partial charge in [-0.1, -0.05) is 23.8 Å². The summed E-state index contributed by atoms with van der Waals surface area (Å²) in [5, 5.41) is 2.03. The summed E-state index contributed by atoms with van der Waals surface area (Å²) >= 11 is 1.64. The number of aryl methyl sites for hydroxylation is 1. The van der Waals surface area contributed by atoms with E-state index in [-0.39, 0.29) is 22.8 Å². The fraction of sp³-hybridized carbons (Fsp3) is 0.333. The van der Waals surface area contributed by atoms with Crippen LogP contribution in [0, 0.1) is 12.7 Å². The maximum atomic E-state index is 13.3. The molecule has 2 heterocycles. The summed E-state index contributed by atoms with van der Waals surface area (Å²) in [5.41, 5.74) is 2.03. The molecule has 1 aliphatic heterocycles. The second-order valence-electron chi connectivity index (χ2n) is 8.18. The number of thiophene rings is 1. The van der Waals surface area contributed by atoms with Crippen molar-refractivity contribution in [1.82, 2.24) is 9.62 Å². The van der Waals surface area contributed by atoms with Gasteiger partial charge in [0.15, 0.2) is 0 Å². The highest BCUT2D eigenvalue weighted by Crippen LogP contribution is 2.31. The first-order valence-corrected chi connectivity index (χ1v) is 13.1. The van der Waals surface area contributed by atoms with Crippen LogP contribution >= 0.6 is 11.3 Å². The highest BCUT2D eigenvalue weighted by Gasteiger charge is 2.32. The molecule has 32 heavy (non-hydrogen) atoms. The number of hydrogen-bond acceptors (Lipinski definition) is 5. The molecule has 1 aromatic heterocycles. The quantitative estimate of drug-likeness (QED) is 0.552. The minimum Gasteiger partial charge on any atom is -0.369 e. The molecule has 1 aliphatic rings. The molecule has 0 spiro atoms. The third kappa shape index (κ3) is 5.20. The van der Waals surface area contributed by atoms with Gasteiger partial charge in [0.2, 0.25) is 10.0 Å². The molecular weight excluding hydrogens is 445 g/mol. The lowest BCUT2D eigenvalue weighted by atomic mass is 10.1. The Morgan fingerprint density at radius 2 is 1.62 bits per heavy atom. The molecule has 3 aromatic rings. The summed E-state index contributed by atoms with van der Waals surface area (Å²) < 4.78 is 42.2. The first-order chi connectivity index (χ1) is 15.3. The van der Waals surface area contributed by atoms with Crippen LogP contribution in [0.3, 0.4) is 0 Å². The largest absolute Gasteiger partial charge is 0.369 e. The van der Waals surface area contributed by atoms with E-state index in [9.17, 15) is 12.8 Å². The smallest absolute Gasteiger partial charge is 0.240 e. The molecule has 0 aliphatic carbocycles. The van der Waals surface area contributed by atoms with Gasteiger partial charge in [0.25, 0.3) is 0 Å². The molecule has 8 heteroatoms. The van der Waals surface area contributed by atoms with Crippen molar-refractivity contribution >= 4 is 27.0 Å². The van der Waals surface area contributed by atoms with Gasteiger partial charge < -0.3 is 4.90 Å². The van der Waals surface area contributed by atoms with Crippen LogP contribution < -0.4 is 9.62 Å². The van der Waals surface area contributed by atoms with E-state index in [1.54, 1.807) is 35.6 Å². The predicted molar refractivity (Wildman–Crippen MR) is 128 cm³/mol. The van der Waals surface area contributed by atoms with E-state index in [0.29, 0.717) is 0 Å². The average molecular weight is 474 g/mol. The first-order valence-electron chi connectivity index (χ1n) is 10.7. The fourth-order valence-corrected chi connectivity index (χ4v) is 6.42. The molecule has 0 bridgehead atoms. The van der Waals surface area contributed by atoms with Crippen molar-refractivity contribution in [1.29, 1.82) is 0 Å². The molecule has 0 unspecified atom stereocenters. The lowest BCUT2D eigenvalue weighted by Crippen LogP contribution is -2.52. The van der Waals surface area contributed by atoms with E-state index in [4.69, 9.17) is 0 Å². The molecular formula is C24H28FN3O2S2. The van der Waals surface area contributed by atoms with Gasteiger partial charge in [-0.2, -0.15) is 0 Å². The molecule has 0 amide bonds. The number of anilines is 1. The van der Waals surface area contributed by atoms with Gasteiger partial charge in [0.05, 0.1) is 10.9 Å². The van der Waals surface area contributed by atoms with Crippen molar-refractivity contribution in [3.05, 3.63) is 82.3 Å². The standard InChI is InChI=1S/C24H28FN3O2S2/c1-18-5-11-22(12-6-18)32(29,30)26-19(2)24(23-4-3-17-31-23)28-15-13-27(14-16-28)21-9-7-20(25)8-10-21/h3-12,17,19,24,26H,13-16H2,1-2H3/t19-,24-/m0/s1. The minimum absolute atomic E-state index is 0.0643. The molecule has 2 aromatic carbocycles. The summed E-state index contributed by atoms with van der Waals surface area (Å²) in [6.45, 7) is 7.04. The third-order valence-corrected chi connectivity index (χ3v) is 8.40. The zero-order valence-electron chi connectivity index (χ0n) is 18.2. The maximum Gasteiger partial charge on any atom is 0.240 e. The summed E-state index contributed by atoms with van der Waals surface area (Å²) in [6, 6.07) is 17.2. The molecule has 0 radical (unpaired) electrons. The maximum absolute atomic E-state index is 13.3. The summed E-state index contributed by atoms with van der Waals surface area (Å²) in [4.78, 5) is 6.00. The van der Waals surface area contributed by atoms with Crippen molar-refractivity contribution < 1.29 is 12.8 Å². The van der Waals surface area contributed by atoms with Gasteiger partial charge in [-0.25, -0.2) is 17.5 Å². The third-order valence-electron chi connectivity index (χ3n) is 5.88. The van der Waals surface area contributed by atoms with Gasteiger partial charge >= 0.3 is 0 Å². The predicted octanol–water partition coefficient (Wildman–Crippen LogP) is 4.43. The summed E-state index contributed by atoms with van der Waals surface area (Å²) in [7, 11) is -3.63. The number of nitrogens with zero attached hydrogens (tertiary/aromatic N) is 2. The van der Waals surface area contributed by atoms with Crippen LogP contribution in [-0.2, 0) is 10.0 Å². The summed E-state index contributed by atoms with van der Waals surface area (Å²) in [6.07, 6.45) is 0. The van der Waals surface area contributed by atoms with E-state index in [2.05, 4.69) is 20.6 Å². The van der Waals surface area contributed by atoms with E-state index in [0.717, 1.165) is 42.3 Å². The molecule has 1 N–H and O–H groups in total. The Morgan fingerprint density at radius 1 is 0.969 bits per heavy atom. The lowest BCUT2D eigenvalue weighted by molar-refractivity contribution is 0.164. The van der Waals surface area contributed by atoms with E-state index >= 15 is 0 Å². The normalized spacial score (nSPS) is 17.3. The Morgan fingerprint density at radius 3 is 2.22 bits per heavy atom. The zero-order valence-corrected chi connectivity index (χ0v) is 19.9. The average Bonchev–Trinajstić information content (AvgIpc) is 3.29. The van der Waals surface area contributed by atoms with Crippen LogP contribution in [0.5, 0.6) is 0 Å². The topological polar surface area (TPSA) is 52.7 Å². The molecule has 170 valence electrons. The van der Waals surface area contributed by atoms with Crippen LogP contribution in [0.25, 0.3) is 0 Å². The molecule has 4 rings (SSSR count). The number of benzene rings is 2. The van der Waals surface area contributed by atoms with Crippen molar-refractivity contribution in [3.8, 4) is 0 Å². The lowest BCUT2D eigenvalue weighted by Gasteiger charge is -2.42. The van der Waals surface area contributed by atoms with E-state index in [1.165, 1.54) is 12.1 Å². The minimum atomic E-state index is -3.63. The number of piperazine rings is 1. The van der Waals surface area contributed by atoms with Crippen molar-refractivity contribution in [2.24, 2.45) is 0 Å². The van der Waals surface area contributed by atoms with Gasteiger partial charge in [0.1, 0.15) is 5.82 Å². The van der Waals surface area contributed by atoms with Crippen LogP contribution in [0.4, 0.5) is 10.1 Å². The Hall–Kier alpha value is -2.26. The number of sulfonamides is 1. The van der Waals surface area contributed by atoms with Crippen LogP contribution in [0.1, 0.15) is 23.4 Å². The molecule has 1 saturated heterocycles. The second kappa shape index (κ2) is 9.70. The zero-order chi connectivity index (χ0) is 22.7. The van der Waals surface area contributed by atoms with Gasteiger partial charge in [0, 0.05) is 42.8 Å². The number of halogens is 1. The van der Waals surface area contributed by atoms with E-state index < -0.39 is 10.0 Å². The van der Waals surface area contributed by atoms with Crippen LogP contribution in [0.2, 0.25) is 0 Å². The number of hydrogen-bond donors (Lipinski definition) is 1. The van der Waals surface area contributed by atoms with Crippen molar-refractivity contribution in [2.45, 2.75) is 30.8 Å². The number of nitrogens with one attached hydrogen (secondary N) is 1. The van der Waals surface area contributed by atoms with Crippen molar-refractivity contribution in [3.63, 3.8) is 0 Å². The summed E-state index contributed by atoms with van der Waals surface area (Å²) in [5.74, 6) is -0.236. The molecule has 1 fully saturated rings. The Balaban J connectivity index is 1.49. The molecule has 5 nitrogen and oxygen atoms in total. The first kappa shape index (κ1) is 22.9. The Labute approximate surface area is 193 Å². The Kier molecular flexibility index (Phi) is 6.95. The molecule has 2 atom stereocenters. The van der Waals surface area contributed by atoms with Gasteiger partial charge in [-0.3, -0.25) is 4.90 Å².